The number of furan rings is 1. The van der Waals surface area contributed by atoms with E-state index in [1.54, 1.807) is 42.5 Å². The Labute approximate surface area is 158 Å². The zero-order valence-corrected chi connectivity index (χ0v) is 14.8. The first-order valence-corrected chi connectivity index (χ1v) is 8.74. The van der Waals surface area contributed by atoms with Crippen LogP contribution in [0.2, 0.25) is 0 Å². The Morgan fingerprint density at radius 3 is 2.48 bits per heavy atom. The van der Waals surface area contributed by atoms with Crippen LogP contribution in [0.5, 0.6) is 0 Å². The number of carboxylic acids is 1. The van der Waals surface area contributed by atoms with Crippen LogP contribution in [0.1, 0.15) is 36.7 Å². The molecule has 2 N–H and O–H groups in total. The number of thiophene rings is 1. The lowest BCUT2D eigenvalue weighted by atomic mass is 10.1. The van der Waals surface area contributed by atoms with Gasteiger partial charge in [-0.2, -0.15) is 0 Å². The van der Waals surface area contributed by atoms with Crippen LogP contribution in [0.4, 0.5) is 0 Å². The number of hydrogen-bond acceptors (Lipinski definition) is 6. The Morgan fingerprint density at radius 1 is 1.07 bits per heavy atom. The van der Waals surface area contributed by atoms with Gasteiger partial charge in [-0.15, -0.1) is 11.3 Å². The summed E-state index contributed by atoms with van der Waals surface area (Å²) in [6.07, 6.45) is 1.36. The van der Waals surface area contributed by atoms with Crippen LogP contribution in [0.3, 0.4) is 0 Å². The Kier molecular flexibility index (Phi) is 5.68. The molecule has 0 bridgehead atoms. The average molecular weight is 385 g/mol. The minimum Gasteiger partial charge on any atom is -0.477 e. The molecule has 0 aliphatic heterocycles. The summed E-state index contributed by atoms with van der Waals surface area (Å²) in [5.74, 6) is -2.17. The molecule has 1 aromatic carbocycles. The Morgan fingerprint density at radius 2 is 1.85 bits per heavy atom. The molecule has 0 saturated carbocycles. The van der Waals surface area contributed by atoms with Gasteiger partial charge in [0.2, 0.25) is 0 Å². The van der Waals surface area contributed by atoms with E-state index in [2.05, 4.69) is 5.32 Å². The van der Waals surface area contributed by atoms with Gasteiger partial charge in [0.25, 0.3) is 5.91 Å². The summed E-state index contributed by atoms with van der Waals surface area (Å²) >= 11 is 1.02. The highest BCUT2D eigenvalue weighted by molar-refractivity contribution is 7.13. The molecule has 7 nitrogen and oxygen atoms in total. The fourth-order valence-electron chi connectivity index (χ4n) is 2.33. The van der Waals surface area contributed by atoms with Crippen molar-refractivity contribution in [1.82, 2.24) is 5.32 Å². The predicted molar refractivity (Wildman–Crippen MR) is 96.4 cm³/mol. The Bertz CT molecular complexity index is 932. The van der Waals surface area contributed by atoms with Crippen LogP contribution >= 0.6 is 11.3 Å². The number of carbonyl (C=O) groups is 3. The van der Waals surface area contributed by atoms with Crippen LogP contribution in [0.15, 0.2) is 65.3 Å². The SMILES string of the molecule is O=C(NC(C(=O)OCc1ccc(C(=O)O)s1)c1ccccc1)c1ccco1. The van der Waals surface area contributed by atoms with Crippen LogP contribution in [-0.4, -0.2) is 23.0 Å². The topological polar surface area (TPSA) is 106 Å². The summed E-state index contributed by atoms with van der Waals surface area (Å²) in [7, 11) is 0. The summed E-state index contributed by atoms with van der Waals surface area (Å²) < 4.78 is 10.3. The molecule has 2 heterocycles. The molecule has 0 radical (unpaired) electrons. The lowest BCUT2D eigenvalue weighted by Crippen LogP contribution is -2.34. The molecule has 138 valence electrons. The van der Waals surface area contributed by atoms with Gasteiger partial charge in [-0.3, -0.25) is 4.79 Å². The number of esters is 1. The van der Waals surface area contributed by atoms with E-state index in [1.165, 1.54) is 18.4 Å². The summed E-state index contributed by atoms with van der Waals surface area (Å²) in [6, 6.07) is 13.7. The van der Waals surface area contributed by atoms with Crippen molar-refractivity contribution in [3.8, 4) is 0 Å². The lowest BCUT2D eigenvalue weighted by Gasteiger charge is -2.17. The third kappa shape index (κ3) is 4.62. The molecule has 1 atom stereocenters. The number of carbonyl (C=O) groups excluding carboxylic acids is 2. The first-order chi connectivity index (χ1) is 13.0. The van der Waals surface area contributed by atoms with E-state index < -0.39 is 23.9 Å². The van der Waals surface area contributed by atoms with Gasteiger partial charge in [0.15, 0.2) is 11.8 Å². The van der Waals surface area contributed by atoms with Gasteiger partial charge < -0.3 is 19.6 Å². The number of aromatic carboxylic acids is 1. The van der Waals surface area contributed by atoms with E-state index in [0.717, 1.165) is 11.3 Å². The van der Waals surface area contributed by atoms with Crippen molar-refractivity contribution in [2.75, 3.05) is 0 Å². The van der Waals surface area contributed by atoms with Crippen molar-refractivity contribution < 1.29 is 28.6 Å². The van der Waals surface area contributed by atoms with Crippen LogP contribution < -0.4 is 5.32 Å². The van der Waals surface area contributed by atoms with E-state index in [1.807, 2.05) is 0 Å². The van der Waals surface area contributed by atoms with Gasteiger partial charge >= 0.3 is 11.9 Å². The van der Waals surface area contributed by atoms with Gasteiger partial charge in [-0.1, -0.05) is 30.3 Å². The lowest BCUT2D eigenvalue weighted by molar-refractivity contribution is -0.147. The molecule has 8 heteroatoms. The molecule has 1 amide bonds. The maximum Gasteiger partial charge on any atom is 0.345 e. The van der Waals surface area contributed by atoms with Crippen molar-refractivity contribution in [3.05, 3.63) is 81.9 Å². The van der Waals surface area contributed by atoms with Gasteiger partial charge in [0, 0.05) is 4.88 Å². The number of nitrogens with one attached hydrogen (secondary N) is 1. The summed E-state index contributed by atoms with van der Waals surface area (Å²) in [6.45, 7) is -0.0866. The predicted octanol–water partition coefficient (Wildman–Crippen LogP) is 3.25. The van der Waals surface area contributed by atoms with Crippen LogP contribution in [0.25, 0.3) is 0 Å². The molecule has 0 fully saturated rings. The molecular weight excluding hydrogens is 370 g/mol. The highest BCUT2D eigenvalue weighted by Gasteiger charge is 2.26. The largest absolute Gasteiger partial charge is 0.477 e. The zero-order chi connectivity index (χ0) is 19.2. The van der Waals surface area contributed by atoms with Crippen molar-refractivity contribution in [1.29, 1.82) is 0 Å². The van der Waals surface area contributed by atoms with Gasteiger partial charge in [-0.05, 0) is 29.8 Å². The molecule has 3 rings (SSSR count). The van der Waals surface area contributed by atoms with Gasteiger partial charge in [0.1, 0.15) is 11.5 Å². The Balaban J connectivity index is 1.72. The quantitative estimate of drug-likeness (QED) is 0.605. The second kappa shape index (κ2) is 8.33. The highest BCUT2D eigenvalue weighted by Crippen LogP contribution is 2.20. The fourth-order valence-corrected chi connectivity index (χ4v) is 3.09. The van der Waals surface area contributed by atoms with Crippen LogP contribution in [0, 0.1) is 0 Å². The molecule has 1 unspecified atom stereocenters. The second-order valence-electron chi connectivity index (χ2n) is 5.47. The number of ether oxygens (including phenoxy) is 1. The van der Waals surface area contributed by atoms with Crippen molar-refractivity contribution in [2.24, 2.45) is 0 Å². The number of carboxylic acid groups (broad SMARTS) is 1. The number of hydrogen-bond donors (Lipinski definition) is 2. The van der Waals surface area contributed by atoms with E-state index in [9.17, 15) is 14.4 Å². The zero-order valence-electron chi connectivity index (χ0n) is 14.0. The van der Waals surface area contributed by atoms with Gasteiger partial charge in [-0.25, -0.2) is 9.59 Å². The van der Waals surface area contributed by atoms with E-state index in [4.69, 9.17) is 14.3 Å². The van der Waals surface area contributed by atoms with Crippen molar-refractivity contribution in [2.45, 2.75) is 12.6 Å². The summed E-state index contributed by atoms with van der Waals surface area (Å²) in [5.41, 5.74) is 0.555. The maximum absolute atomic E-state index is 12.6. The second-order valence-corrected chi connectivity index (χ2v) is 6.64. The first kappa shape index (κ1) is 18.4. The first-order valence-electron chi connectivity index (χ1n) is 7.92. The standard InChI is InChI=1S/C19H15NO6S/c21-17(14-7-4-10-25-14)20-16(12-5-2-1-3-6-12)19(24)26-11-13-8-9-15(27-13)18(22)23/h1-10,16H,11H2,(H,20,21)(H,22,23). The smallest absolute Gasteiger partial charge is 0.345 e. The molecule has 0 aliphatic carbocycles. The van der Waals surface area contributed by atoms with Crippen LogP contribution in [-0.2, 0) is 16.1 Å². The molecule has 27 heavy (non-hydrogen) atoms. The monoisotopic (exact) mass is 385 g/mol. The molecule has 0 saturated heterocycles. The summed E-state index contributed by atoms with van der Waals surface area (Å²) in [4.78, 5) is 36.5. The number of amides is 1. The highest BCUT2D eigenvalue weighted by atomic mass is 32.1. The molecular formula is C19H15NO6S. The van der Waals surface area contributed by atoms with E-state index in [-0.39, 0.29) is 17.2 Å². The summed E-state index contributed by atoms with van der Waals surface area (Å²) in [5, 5.41) is 11.5. The third-order valence-corrected chi connectivity index (χ3v) is 4.66. The average Bonchev–Trinajstić information content (AvgIpc) is 3.36. The third-order valence-electron chi connectivity index (χ3n) is 3.62. The van der Waals surface area contributed by atoms with Crippen molar-refractivity contribution >= 4 is 29.2 Å². The normalized spacial score (nSPS) is 11.6. The fraction of sp³-hybridized carbons (Fsp3) is 0.105. The minimum atomic E-state index is -1.04. The van der Waals surface area contributed by atoms with E-state index in [0.29, 0.717) is 10.4 Å². The van der Waals surface area contributed by atoms with Gasteiger partial charge in [0.05, 0.1) is 6.26 Å². The van der Waals surface area contributed by atoms with Crippen molar-refractivity contribution in [3.63, 3.8) is 0 Å². The number of benzene rings is 1. The molecule has 3 aromatic rings. The maximum atomic E-state index is 12.6. The Hall–Kier alpha value is -3.39. The minimum absolute atomic E-state index is 0.0769. The van der Waals surface area contributed by atoms with E-state index >= 15 is 0 Å². The molecule has 2 aromatic heterocycles. The molecule has 0 spiro atoms. The number of rotatable bonds is 7. The molecule has 0 aliphatic rings.